The summed E-state index contributed by atoms with van der Waals surface area (Å²) in [5.74, 6) is -2.22. The molecule has 34 heavy (non-hydrogen) atoms. The summed E-state index contributed by atoms with van der Waals surface area (Å²) in [6, 6.07) is 19.3. The molecule has 3 aromatic rings. The van der Waals surface area contributed by atoms with Crippen LogP contribution in [0.5, 0.6) is 0 Å². The number of carbonyl (C=O) groups excluding carboxylic acids is 2. The molecular formula is C27H26F3NO3. The van der Waals surface area contributed by atoms with Gasteiger partial charge in [0.25, 0.3) is 0 Å². The van der Waals surface area contributed by atoms with Crippen LogP contribution < -0.4 is 4.90 Å². The third-order valence-corrected chi connectivity index (χ3v) is 5.43. The predicted molar refractivity (Wildman–Crippen MR) is 125 cm³/mol. The molecule has 178 valence electrons. The first kappa shape index (κ1) is 25.0. The molecule has 0 atom stereocenters. The van der Waals surface area contributed by atoms with Crippen molar-refractivity contribution in [3.05, 3.63) is 89.5 Å². The quantitative estimate of drug-likeness (QED) is 0.329. The van der Waals surface area contributed by atoms with Crippen molar-refractivity contribution in [2.24, 2.45) is 0 Å². The number of anilines is 1. The Labute approximate surface area is 197 Å². The lowest BCUT2D eigenvalue weighted by Crippen LogP contribution is -2.37. The first-order valence-electron chi connectivity index (χ1n) is 10.7. The highest BCUT2D eigenvalue weighted by atomic mass is 19.4. The Bertz CT molecular complexity index is 1160. The third-order valence-electron chi connectivity index (χ3n) is 5.43. The van der Waals surface area contributed by atoms with E-state index in [1.165, 1.54) is 6.07 Å². The van der Waals surface area contributed by atoms with Crippen molar-refractivity contribution in [2.45, 2.75) is 38.9 Å². The second-order valence-electron chi connectivity index (χ2n) is 8.96. The minimum Gasteiger partial charge on any atom is -0.462 e. The molecule has 7 heteroatoms. The maximum absolute atomic E-state index is 13.7. The van der Waals surface area contributed by atoms with Crippen LogP contribution in [0.1, 0.15) is 37.5 Å². The van der Waals surface area contributed by atoms with E-state index in [-0.39, 0.29) is 23.2 Å². The molecule has 0 saturated carbocycles. The SMILES string of the molecule is COC(=O)C(=O)N(Cc1ccc(C(C)(C)C)cc1)c1cc(-c2ccccc2)cc(C(F)(F)F)c1. The van der Waals surface area contributed by atoms with E-state index in [1.807, 2.05) is 12.1 Å². The van der Waals surface area contributed by atoms with E-state index in [1.54, 1.807) is 42.5 Å². The highest BCUT2D eigenvalue weighted by Gasteiger charge is 2.33. The van der Waals surface area contributed by atoms with Crippen molar-refractivity contribution < 1.29 is 27.5 Å². The van der Waals surface area contributed by atoms with E-state index in [2.05, 4.69) is 25.5 Å². The van der Waals surface area contributed by atoms with E-state index < -0.39 is 23.6 Å². The fourth-order valence-corrected chi connectivity index (χ4v) is 3.50. The molecule has 0 saturated heterocycles. The number of benzene rings is 3. The fourth-order valence-electron chi connectivity index (χ4n) is 3.50. The van der Waals surface area contributed by atoms with Crippen LogP contribution in [-0.2, 0) is 32.5 Å². The number of alkyl halides is 3. The van der Waals surface area contributed by atoms with Crippen molar-refractivity contribution in [1.82, 2.24) is 0 Å². The van der Waals surface area contributed by atoms with E-state index >= 15 is 0 Å². The molecule has 0 aliphatic rings. The van der Waals surface area contributed by atoms with Gasteiger partial charge in [0, 0.05) is 5.69 Å². The molecule has 0 N–H and O–H groups in total. The Morgan fingerprint density at radius 1 is 0.824 bits per heavy atom. The molecule has 0 aliphatic heterocycles. The van der Waals surface area contributed by atoms with E-state index in [4.69, 9.17) is 0 Å². The Balaban J connectivity index is 2.12. The normalized spacial score (nSPS) is 11.7. The van der Waals surface area contributed by atoms with Gasteiger partial charge in [-0.2, -0.15) is 13.2 Å². The Kier molecular flexibility index (Phi) is 7.15. The van der Waals surface area contributed by atoms with Crippen LogP contribution in [0.25, 0.3) is 11.1 Å². The van der Waals surface area contributed by atoms with Crippen LogP contribution in [0.15, 0.2) is 72.8 Å². The van der Waals surface area contributed by atoms with Gasteiger partial charge in [0.2, 0.25) is 0 Å². The number of esters is 1. The molecular weight excluding hydrogens is 443 g/mol. The van der Waals surface area contributed by atoms with Gasteiger partial charge in [-0.1, -0.05) is 75.4 Å². The maximum Gasteiger partial charge on any atom is 0.416 e. The number of rotatable bonds is 4. The van der Waals surface area contributed by atoms with Crippen LogP contribution in [0, 0.1) is 0 Å². The zero-order chi connectivity index (χ0) is 25.1. The van der Waals surface area contributed by atoms with Crippen molar-refractivity contribution >= 4 is 17.6 Å². The fraction of sp³-hybridized carbons (Fsp3) is 0.259. The highest BCUT2D eigenvalue weighted by Crippen LogP contribution is 2.36. The molecule has 0 bridgehead atoms. The van der Waals surface area contributed by atoms with Crippen molar-refractivity contribution in [2.75, 3.05) is 12.0 Å². The average molecular weight is 470 g/mol. The lowest BCUT2D eigenvalue weighted by molar-refractivity contribution is -0.151. The molecule has 0 spiro atoms. The standard InChI is InChI=1S/C27H26F3NO3/c1-26(2,3)21-12-10-18(11-13-21)17-31(24(32)25(33)34-4)23-15-20(19-8-6-5-7-9-19)14-22(16-23)27(28,29)30/h5-16H,17H2,1-4H3. The summed E-state index contributed by atoms with van der Waals surface area (Å²) >= 11 is 0. The van der Waals surface area contributed by atoms with Gasteiger partial charge in [-0.05, 0) is 45.9 Å². The van der Waals surface area contributed by atoms with Gasteiger partial charge < -0.3 is 4.74 Å². The Morgan fingerprint density at radius 2 is 1.44 bits per heavy atom. The zero-order valence-corrected chi connectivity index (χ0v) is 19.4. The van der Waals surface area contributed by atoms with Crippen molar-refractivity contribution in [3.63, 3.8) is 0 Å². The Hall–Kier alpha value is -3.61. The van der Waals surface area contributed by atoms with Gasteiger partial charge in [-0.15, -0.1) is 0 Å². The van der Waals surface area contributed by atoms with E-state index in [9.17, 15) is 22.8 Å². The first-order valence-corrected chi connectivity index (χ1v) is 10.7. The zero-order valence-electron chi connectivity index (χ0n) is 19.4. The second kappa shape index (κ2) is 9.71. The van der Waals surface area contributed by atoms with E-state index in [0.717, 1.165) is 29.7 Å². The molecule has 3 aromatic carbocycles. The summed E-state index contributed by atoms with van der Waals surface area (Å²) < 4.78 is 45.8. The number of amides is 1. The highest BCUT2D eigenvalue weighted by molar-refractivity contribution is 6.38. The van der Waals surface area contributed by atoms with Gasteiger partial charge in [0.15, 0.2) is 0 Å². The van der Waals surface area contributed by atoms with Gasteiger partial charge in [0.05, 0.1) is 19.2 Å². The van der Waals surface area contributed by atoms with Crippen LogP contribution in [0.3, 0.4) is 0 Å². The van der Waals surface area contributed by atoms with Crippen LogP contribution in [0.2, 0.25) is 0 Å². The molecule has 0 radical (unpaired) electrons. The summed E-state index contributed by atoms with van der Waals surface area (Å²) in [5, 5.41) is 0. The number of halogens is 3. The Morgan fingerprint density at radius 3 is 1.97 bits per heavy atom. The van der Waals surface area contributed by atoms with Crippen molar-refractivity contribution in [1.29, 1.82) is 0 Å². The maximum atomic E-state index is 13.7. The van der Waals surface area contributed by atoms with Gasteiger partial charge in [0.1, 0.15) is 0 Å². The van der Waals surface area contributed by atoms with Crippen LogP contribution in [-0.4, -0.2) is 19.0 Å². The molecule has 0 heterocycles. The largest absolute Gasteiger partial charge is 0.462 e. The molecule has 0 fully saturated rings. The molecule has 1 amide bonds. The number of hydrogen-bond acceptors (Lipinski definition) is 3. The first-order chi connectivity index (χ1) is 15.9. The molecule has 0 unspecified atom stereocenters. The number of carbonyl (C=O) groups is 2. The summed E-state index contributed by atoms with van der Waals surface area (Å²) in [6.07, 6.45) is -4.64. The van der Waals surface area contributed by atoms with Crippen LogP contribution >= 0.6 is 0 Å². The number of nitrogens with zero attached hydrogens (tertiary/aromatic N) is 1. The lowest BCUT2D eigenvalue weighted by atomic mass is 9.87. The molecule has 3 rings (SSSR count). The summed E-state index contributed by atoms with van der Waals surface area (Å²) in [7, 11) is 1.05. The summed E-state index contributed by atoms with van der Waals surface area (Å²) in [5.41, 5.74) is 1.48. The van der Waals surface area contributed by atoms with E-state index in [0.29, 0.717) is 11.1 Å². The topological polar surface area (TPSA) is 46.6 Å². The number of hydrogen-bond donors (Lipinski definition) is 0. The van der Waals surface area contributed by atoms with Gasteiger partial charge in [-0.3, -0.25) is 9.69 Å². The van der Waals surface area contributed by atoms with Crippen molar-refractivity contribution in [3.8, 4) is 11.1 Å². The second-order valence-corrected chi connectivity index (χ2v) is 8.96. The number of methoxy groups -OCH3 is 1. The molecule has 0 aromatic heterocycles. The molecule has 0 aliphatic carbocycles. The predicted octanol–water partition coefficient (Wildman–Crippen LogP) is 6.38. The smallest absolute Gasteiger partial charge is 0.416 e. The molecule has 4 nitrogen and oxygen atoms in total. The minimum atomic E-state index is -4.64. The average Bonchev–Trinajstić information content (AvgIpc) is 2.81. The van der Waals surface area contributed by atoms with Gasteiger partial charge in [-0.25, -0.2) is 4.79 Å². The number of ether oxygens (including phenoxy) is 1. The lowest BCUT2D eigenvalue weighted by Gasteiger charge is -2.24. The third kappa shape index (κ3) is 5.84. The monoisotopic (exact) mass is 469 g/mol. The van der Waals surface area contributed by atoms with Gasteiger partial charge >= 0.3 is 18.1 Å². The minimum absolute atomic E-state index is 0.0519. The summed E-state index contributed by atoms with van der Waals surface area (Å²) in [6.45, 7) is 6.07. The van der Waals surface area contributed by atoms with Crippen LogP contribution in [0.4, 0.5) is 18.9 Å². The summed E-state index contributed by atoms with van der Waals surface area (Å²) in [4.78, 5) is 26.0.